The highest BCUT2D eigenvalue weighted by molar-refractivity contribution is 7.90. The first kappa shape index (κ1) is 16.9. The normalized spacial score (nSPS) is 14.6. The van der Waals surface area contributed by atoms with Crippen LogP contribution in [-0.4, -0.2) is 44.3 Å². The van der Waals surface area contributed by atoms with E-state index in [1.54, 1.807) is 0 Å². The lowest BCUT2D eigenvalue weighted by Gasteiger charge is -2.21. The van der Waals surface area contributed by atoms with Crippen LogP contribution >= 0.6 is 11.6 Å². The first-order valence-electron chi connectivity index (χ1n) is 5.69. The maximum Gasteiger partial charge on any atom is 0.235 e. The number of carbonyl (C=O) groups is 1. The van der Waals surface area contributed by atoms with E-state index in [1.807, 2.05) is 0 Å². The van der Waals surface area contributed by atoms with Gasteiger partial charge in [-0.1, -0.05) is 12.1 Å². The molecule has 2 atom stereocenters. The number of carbonyl (C=O) groups excluding carboxylic acids is 1. The second-order valence-corrected chi connectivity index (χ2v) is 6.53. The Morgan fingerprint density at radius 1 is 1.40 bits per heavy atom. The molecule has 112 valence electrons. The summed E-state index contributed by atoms with van der Waals surface area (Å²) in [6.45, 7) is -0.975. The van der Waals surface area contributed by atoms with Crippen molar-refractivity contribution in [3.8, 4) is 0 Å². The SMILES string of the molecule is CS(=O)(=O)c1ccc([C@@H](O)C(CF)NC(=O)CCl)cc1. The van der Waals surface area contributed by atoms with Gasteiger partial charge in [-0.25, -0.2) is 12.8 Å². The number of hydrogen-bond donors (Lipinski definition) is 2. The molecule has 0 aromatic heterocycles. The van der Waals surface area contributed by atoms with E-state index in [2.05, 4.69) is 5.32 Å². The highest BCUT2D eigenvalue weighted by atomic mass is 35.5. The molecule has 1 aromatic rings. The number of sulfone groups is 1. The Labute approximate surface area is 121 Å². The van der Waals surface area contributed by atoms with Crippen molar-refractivity contribution in [2.75, 3.05) is 18.8 Å². The van der Waals surface area contributed by atoms with Gasteiger partial charge in [-0.2, -0.15) is 0 Å². The number of amides is 1. The fraction of sp³-hybridized carbons (Fsp3) is 0.417. The summed E-state index contributed by atoms with van der Waals surface area (Å²) in [5.74, 6) is -0.933. The summed E-state index contributed by atoms with van der Waals surface area (Å²) in [5, 5.41) is 12.2. The molecule has 8 heteroatoms. The van der Waals surface area contributed by atoms with Gasteiger partial charge >= 0.3 is 0 Å². The molecule has 1 aromatic carbocycles. The van der Waals surface area contributed by atoms with Gasteiger partial charge in [0.05, 0.1) is 10.9 Å². The molecule has 0 radical (unpaired) electrons. The van der Waals surface area contributed by atoms with E-state index in [4.69, 9.17) is 11.6 Å². The Bertz CT molecular complexity index is 561. The van der Waals surface area contributed by atoms with E-state index >= 15 is 0 Å². The average Bonchev–Trinajstić information content (AvgIpc) is 2.42. The van der Waals surface area contributed by atoms with Crippen molar-refractivity contribution in [1.82, 2.24) is 5.32 Å². The number of aliphatic hydroxyl groups is 1. The maximum absolute atomic E-state index is 12.8. The lowest BCUT2D eigenvalue weighted by Crippen LogP contribution is -2.41. The Balaban J connectivity index is 2.90. The minimum absolute atomic E-state index is 0.0926. The van der Waals surface area contributed by atoms with Crippen molar-refractivity contribution < 1.29 is 22.7 Å². The molecule has 0 fully saturated rings. The molecule has 1 unspecified atom stereocenters. The molecular weight excluding hydrogens is 309 g/mol. The fourth-order valence-corrected chi connectivity index (χ4v) is 2.30. The van der Waals surface area contributed by atoms with Crippen LogP contribution in [0.3, 0.4) is 0 Å². The second-order valence-electron chi connectivity index (χ2n) is 4.25. The lowest BCUT2D eigenvalue weighted by molar-refractivity contribution is -0.120. The zero-order valence-electron chi connectivity index (χ0n) is 10.7. The predicted molar refractivity (Wildman–Crippen MR) is 73.1 cm³/mol. The summed E-state index contributed by atoms with van der Waals surface area (Å²) < 4.78 is 35.4. The minimum atomic E-state index is -3.34. The average molecular weight is 324 g/mol. The van der Waals surface area contributed by atoms with Crippen molar-refractivity contribution in [2.45, 2.75) is 17.0 Å². The summed E-state index contributed by atoms with van der Waals surface area (Å²) >= 11 is 5.29. The van der Waals surface area contributed by atoms with E-state index in [1.165, 1.54) is 24.3 Å². The maximum atomic E-state index is 12.8. The van der Waals surface area contributed by atoms with Crippen molar-refractivity contribution in [1.29, 1.82) is 0 Å². The van der Waals surface area contributed by atoms with Crippen LogP contribution in [0.5, 0.6) is 0 Å². The predicted octanol–water partition coefficient (Wildman–Crippen LogP) is 0.817. The Morgan fingerprint density at radius 2 is 1.95 bits per heavy atom. The standard InChI is InChI=1S/C12H15ClFNO4S/c1-20(18,19)9-4-2-8(3-5-9)12(17)10(7-14)15-11(16)6-13/h2-5,10,12,17H,6-7H2,1H3,(H,15,16)/t10?,12-/m1/s1. The van der Waals surface area contributed by atoms with Gasteiger partial charge in [0.15, 0.2) is 9.84 Å². The number of rotatable bonds is 6. The van der Waals surface area contributed by atoms with Crippen LogP contribution in [0.25, 0.3) is 0 Å². The molecule has 0 aliphatic carbocycles. The number of halogens is 2. The van der Waals surface area contributed by atoms with Gasteiger partial charge in [-0.15, -0.1) is 11.6 Å². The number of alkyl halides is 2. The van der Waals surface area contributed by atoms with Gasteiger partial charge in [0.1, 0.15) is 18.7 Å². The van der Waals surface area contributed by atoms with Crippen molar-refractivity contribution >= 4 is 27.3 Å². The van der Waals surface area contributed by atoms with Crippen molar-refractivity contribution in [3.05, 3.63) is 29.8 Å². The monoisotopic (exact) mass is 323 g/mol. The van der Waals surface area contributed by atoms with E-state index in [-0.39, 0.29) is 10.8 Å². The van der Waals surface area contributed by atoms with Gasteiger partial charge in [0.25, 0.3) is 0 Å². The third kappa shape index (κ3) is 4.43. The molecule has 0 saturated heterocycles. The molecule has 0 spiro atoms. The van der Waals surface area contributed by atoms with E-state index < -0.39 is 34.6 Å². The molecule has 0 heterocycles. The van der Waals surface area contributed by atoms with E-state index in [0.717, 1.165) is 6.26 Å². The molecule has 0 aliphatic rings. The molecule has 5 nitrogen and oxygen atoms in total. The Morgan fingerprint density at radius 3 is 2.35 bits per heavy atom. The summed E-state index contributed by atoms with van der Waals surface area (Å²) in [5.41, 5.74) is 0.301. The second kappa shape index (κ2) is 7.01. The van der Waals surface area contributed by atoms with Crippen molar-refractivity contribution in [3.63, 3.8) is 0 Å². The molecule has 20 heavy (non-hydrogen) atoms. The topological polar surface area (TPSA) is 83.5 Å². The molecular formula is C12H15ClFNO4S. The van der Waals surface area contributed by atoms with Crippen LogP contribution in [0.15, 0.2) is 29.2 Å². The first-order valence-corrected chi connectivity index (χ1v) is 8.11. The zero-order chi connectivity index (χ0) is 15.3. The number of hydrogen-bond acceptors (Lipinski definition) is 4. The molecule has 2 N–H and O–H groups in total. The van der Waals surface area contributed by atoms with E-state index in [9.17, 15) is 22.7 Å². The van der Waals surface area contributed by atoms with Gasteiger partial charge in [0.2, 0.25) is 5.91 Å². The third-order valence-electron chi connectivity index (χ3n) is 2.66. The van der Waals surface area contributed by atoms with Crippen LogP contribution in [0.1, 0.15) is 11.7 Å². The fourth-order valence-electron chi connectivity index (χ4n) is 1.59. The summed E-state index contributed by atoms with van der Waals surface area (Å²) in [6, 6.07) is 4.23. The van der Waals surface area contributed by atoms with Crippen LogP contribution in [0.2, 0.25) is 0 Å². The summed E-state index contributed by atoms with van der Waals surface area (Å²) in [4.78, 5) is 11.2. The highest BCUT2D eigenvalue weighted by Gasteiger charge is 2.23. The van der Waals surface area contributed by atoms with Gasteiger partial charge in [0, 0.05) is 6.26 Å². The number of aliphatic hydroxyl groups excluding tert-OH is 1. The first-order chi connectivity index (χ1) is 9.29. The third-order valence-corrected chi connectivity index (χ3v) is 4.04. The molecule has 1 rings (SSSR count). The van der Waals surface area contributed by atoms with E-state index in [0.29, 0.717) is 5.56 Å². The molecule has 0 saturated carbocycles. The minimum Gasteiger partial charge on any atom is -0.386 e. The van der Waals surface area contributed by atoms with Crippen molar-refractivity contribution in [2.24, 2.45) is 0 Å². The molecule has 0 bridgehead atoms. The lowest BCUT2D eigenvalue weighted by atomic mass is 10.0. The van der Waals surface area contributed by atoms with Gasteiger partial charge < -0.3 is 10.4 Å². The highest BCUT2D eigenvalue weighted by Crippen LogP contribution is 2.19. The number of nitrogens with one attached hydrogen (secondary N) is 1. The molecule has 0 aliphatic heterocycles. The van der Waals surface area contributed by atoms with Gasteiger partial charge in [-0.05, 0) is 17.7 Å². The zero-order valence-corrected chi connectivity index (χ0v) is 12.3. The van der Waals surface area contributed by atoms with Crippen LogP contribution < -0.4 is 5.32 Å². The van der Waals surface area contributed by atoms with Crippen LogP contribution in [-0.2, 0) is 14.6 Å². The number of benzene rings is 1. The Hall–Kier alpha value is -1.18. The smallest absolute Gasteiger partial charge is 0.235 e. The van der Waals surface area contributed by atoms with Crippen LogP contribution in [0, 0.1) is 0 Å². The molecule has 1 amide bonds. The summed E-state index contributed by atoms with van der Waals surface area (Å²) in [7, 11) is -3.34. The summed E-state index contributed by atoms with van der Waals surface area (Å²) in [6.07, 6.45) is -0.232. The largest absolute Gasteiger partial charge is 0.386 e. The quantitative estimate of drug-likeness (QED) is 0.759. The Kier molecular flexibility index (Phi) is 5.91. The van der Waals surface area contributed by atoms with Crippen LogP contribution in [0.4, 0.5) is 4.39 Å². The van der Waals surface area contributed by atoms with Gasteiger partial charge in [-0.3, -0.25) is 4.79 Å².